The highest BCUT2D eigenvalue weighted by Crippen LogP contribution is 2.17. The van der Waals surface area contributed by atoms with Crippen LogP contribution in [0, 0.1) is 13.8 Å². The molecule has 0 radical (unpaired) electrons. The predicted molar refractivity (Wildman–Crippen MR) is 88.9 cm³/mol. The maximum atomic E-state index is 4.57. The van der Waals surface area contributed by atoms with Gasteiger partial charge in [0.25, 0.3) is 0 Å². The number of para-hydroxylation sites is 1. The molecule has 0 aliphatic rings. The lowest BCUT2D eigenvalue weighted by molar-refractivity contribution is 1.01. The lowest BCUT2D eigenvalue weighted by Gasteiger charge is -2.08. The predicted octanol–water partition coefficient (Wildman–Crippen LogP) is 4.84. The number of benzene rings is 2. The average Bonchev–Trinajstić information content (AvgIpc) is 2.88. The Bertz CT molecular complexity index is 750. The lowest BCUT2D eigenvalue weighted by Crippen LogP contribution is -2.00. The fraction of sp³-hybridized carbons (Fsp3) is 0.105. The summed E-state index contributed by atoms with van der Waals surface area (Å²) in [6.07, 6.45) is 1.92. The second kappa shape index (κ2) is 5.80. The second-order valence-electron chi connectivity index (χ2n) is 5.16. The first-order valence-corrected chi connectivity index (χ1v) is 7.08. The van der Waals surface area contributed by atoms with Gasteiger partial charge in [-0.25, -0.2) is 0 Å². The first-order chi connectivity index (χ1) is 10.2. The number of hydrogen-bond acceptors (Lipinski definition) is 1. The van der Waals surface area contributed by atoms with Crippen LogP contribution in [0.15, 0.2) is 71.7 Å². The van der Waals surface area contributed by atoms with Crippen LogP contribution in [0.25, 0.3) is 5.69 Å². The van der Waals surface area contributed by atoms with E-state index < -0.39 is 0 Å². The van der Waals surface area contributed by atoms with Crippen molar-refractivity contribution in [3.8, 4) is 5.69 Å². The number of aryl methyl sites for hydroxylation is 2. The highest BCUT2D eigenvalue weighted by molar-refractivity contribution is 5.81. The van der Waals surface area contributed by atoms with Crippen molar-refractivity contribution < 1.29 is 0 Å². The minimum atomic E-state index is 0.971. The number of aliphatic imine (C=N–C) groups is 1. The van der Waals surface area contributed by atoms with Gasteiger partial charge in [0.2, 0.25) is 0 Å². The summed E-state index contributed by atoms with van der Waals surface area (Å²) in [6, 6.07) is 22.8. The van der Waals surface area contributed by atoms with E-state index in [9.17, 15) is 0 Å². The Balaban J connectivity index is 1.95. The summed E-state index contributed by atoms with van der Waals surface area (Å²) in [6.45, 7) is 4.19. The molecule has 104 valence electrons. The molecule has 0 fully saturated rings. The summed E-state index contributed by atoms with van der Waals surface area (Å²) < 4.78 is 2.21. The number of nitrogens with zero attached hydrogens (tertiary/aromatic N) is 2. The standard InChI is InChI=1S/C19H18N2/c1-15-8-11-17(12-9-15)20-14-19-13-10-16(2)21(19)18-6-4-3-5-7-18/h3-14H,1-2H3. The summed E-state index contributed by atoms with van der Waals surface area (Å²) >= 11 is 0. The molecule has 0 unspecified atom stereocenters. The molecule has 0 spiro atoms. The SMILES string of the molecule is Cc1ccc(N=Cc2ccc(C)n2-c2ccccc2)cc1. The smallest absolute Gasteiger partial charge is 0.0641 e. The van der Waals surface area contributed by atoms with E-state index in [2.05, 4.69) is 71.9 Å². The van der Waals surface area contributed by atoms with Crippen LogP contribution in [-0.4, -0.2) is 10.8 Å². The zero-order valence-electron chi connectivity index (χ0n) is 12.3. The van der Waals surface area contributed by atoms with Crippen LogP contribution >= 0.6 is 0 Å². The van der Waals surface area contributed by atoms with Crippen molar-refractivity contribution in [2.45, 2.75) is 13.8 Å². The van der Waals surface area contributed by atoms with Gasteiger partial charge in [-0.05, 0) is 50.2 Å². The largest absolute Gasteiger partial charge is 0.313 e. The van der Waals surface area contributed by atoms with Gasteiger partial charge in [0.05, 0.1) is 17.6 Å². The van der Waals surface area contributed by atoms with Crippen molar-refractivity contribution in [3.05, 3.63) is 83.7 Å². The average molecular weight is 274 g/mol. The Morgan fingerprint density at radius 3 is 2.24 bits per heavy atom. The third-order valence-corrected chi connectivity index (χ3v) is 3.50. The van der Waals surface area contributed by atoms with Crippen LogP contribution < -0.4 is 0 Å². The molecule has 0 N–H and O–H groups in total. The third kappa shape index (κ3) is 2.95. The molecule has 0 aliphatic heterocycles. The molecule has 0 atom stereocenters. The topological polar surface area (TPSA) is 17.3 Å². The Hall–Kier alpha value is -2.61. The van der Waals surface area contributed by atoms with Crippen molar-refractivity contribution >= 4 is 11.9 Å². The first kappa shape index (κ1) is 13.4. The molecule has 0 saturated heterocycles. The van der Waals surface area contributed by atoms with E-state index in [4.69, 9.17) is 0 Å². The van der Waals surface area contributed by atoms with E-state index in [1.54, 1.807) is 0 Å². The fourth-order valence-electron chi connectivity index (χ4n) is 2.36. The molecule has 0 saturated carbocycles. The molecule has 21 heavy (non-hydrogen) atoms. The molecular weight excluding hydrogens is 256 g/mol. The Labute approximate surface area is 125 Å². The van der Waals surface area contributed by atoms with Crippen LogP contribution in [-0.2, 0) is 0 Å². The van der Waals surface area contributed by atoms with Crippen molar-refractivity contribution in [1.29, 1.82) is 0 Å². The van der Waals surface area contributed by atoms with Gasteiger partial charge in [0.1, 0.15) is 0 Å². The zero-order valence-corrected chi connectivity index (χ0v) is 12.3. The van der Waals surface area contributed by atoms with E-state index in [1.807, 2.05) is 24.4 Å². The molecule has 0 amide bonds. The van der Waals surface area contributed by atoms with Gasteiger partial charge in [-0.3, -0.25) is 4.99 Å². The van der Waals surface area contributed by atoms with Gasteiger partial charge in [-0.2, -0.15) is 0 Å². The Kier molecular flexibility index (Phi) is 3.69. The van der Waals surface area contributed by atoms with Crippen LogP contribution in [0.2, 0.25) is 0 Å². The van der Waals surface area contributed by atoms with Gasteiger partial charge in [0.15, 0.2) is 0 Å². The fourth-order valence-corrected chi connectivity index (χ4v) is 2.36. The van der Waals surface area contributed by atoms with Crippen LogP contribution in [0.4, 0.5) is 5.69 Å². The minimum Gasteiger partial charge on any atom is -0.313 e. The summed E-state index contributed by atoms with van der Waals surface area (Å²) in [4.78, 5) is 4.57. The second-order valence-corrected chi connectivity index (χ2v) is 5.16. The molecule has 0 aliphatic carbocycles. The minimum absolute atomic E-state index is 0.971. The van der Waals surface area contributed by atoms with Crippen molar-refractivity contribution in [2.24, 2.45) is 4.99 Å². The van der Waals surface area contributed by atoms with Gasteiger partial charge < -0.3 is 4.57 Å². The zero-order chi connectivity index (χ0) is 14.7. The van der Waals surface area contributed by atoms with Crippen molar-refractivity contribution in [1.82, 2.24) is 4.57 Å². The van der Waals surface area contributed by atoms with Crippen LogP contribution in [0.3, 0.4) is 0 Å². The quantitative estimate of drug-likeness (QED) is 0.608. The molecule has 3 aromatic rings. The molecule has 1 aromatic heterocycles. The monoisotopic (exact) mass is 274 g/mol. The molecule has 2 nitrogen and oxygen atoms in total. The van der Waals surface area contributed by atoms with E-state index in [0.717, 1.165) is 17.1 Å². The molecule has 3 rings (SSSR count). The third-order valence-electron chi connectivity index (χ3n) is 3.50. The van der Waals surface area contributed by atoms with Gasteiger partial charge in [-0.1, -0.05) is 35.9 Å². The normalized spacial score (nSPS) is 11.1. The summed E-state index contributed by atoms with van der Waals surface area (Å²) in [5.41, 5.74) is 5.66. The summed E-state index contributed by atoms with van der Waals surface area (Å²) in [5, 5.41) is 0. The van der Waals surface area contributed by atoms with Crippen molar-refractivity contribution in [3.63, 3.8) is 0 Å². The maximum Gasteiger partial charge on any atom is 0.0641 e. The molecule has 1 heterocycles. The van der Waals surface area contributed by atoms with Crippen LogP contribution in [0.5, 0.6) is 0 Å². The first-order valence-electron chi connectivity index (χ1n) is 7.08. The Morgan fingerprint density at radius 2 is 1.52 bits per heavy atom. The van der Waals surface area contributed by atoms with Crippen molar-refractivity contribution in [2.75, 3.05) is 0 Å². The maximum absolute atomic E-state index is 4.57. The van der Waals surface area contributed by atoms with Gasteiger partial charge in [-0.15, -0.1) is 0 Å². The van der Waals surface area contributed by atoms with E-state index in [1.165, 1.54) is 11.3 Å². The highest BCUT2D eigenvalue weighted by atomic mass is 15.0. The number of aromatic nitrogens is 1. The highest BCUT2D eigenvalue weighted by Gasteiger charge is 2.04. The summed E-state index contributed by atoms with van der Waals surface area (Å²) in [5.74, 6) is 0. The van der Waals surface area contributed by atoms with E-state index >= 15 is 0 Å². The van der Waals surface area contributed by atoms with E-state index in [0.29, 0.717) is 0 Å². The Morgan fingerprint density at radius 1 is 0.810 bits per heavy atom. The molecule has 2 aromatic carbocycles. The molecule has 0 bridgehead atoms. The van der Waals surface area contributed by atoms with Gasteiger partial charge >= 0.3 is 0 Å². The molecular formula is C19H18N2. The van der Waals surface area contributed by atoms with Gasteiger partial charge in [0, 0.05) is 11.4 Å². The number of rotatable bonds is 3. The van der Waals surface area contributed by atoms with Crippen LogP contribution in [0.1, 0.15) is 17.0 Å². The lowest BCUT2D eigenvalue weighted by atomic mass is 10.2. The summed E-state index contributed by atoms with van der Waals surface area (Å²) in [7, 11) is 0. The molecule has 2 heteroatoms. The number of hydrogen-bond donors (Lipinski definition) is 0. The van der Waals surface area contributed by atoms with E-state index in [-0.39, 0.29) is 0 Å².